The van der Waals surface area contributed by atoms with Gasteiger partial charge in [-0.3, -0.25) is 4.79 Å². The summed E-state index contributed by atoms with van der Waals surface area (Å²) in [5.74, 6) is 0.0476. The van der Waals surface area contributed by atoms with Crippen LogP contribution in [0.2, 0.25) is 0 Å². The molecule has 3 amide bonds. The third-order valence-electron chi connectivity index (χ3n) is 6.79. The normalized spacial score (nSPS) is 18.5. The summed E-state index contributed by atoms with van der Waals surface area (Å²) in [4.78, 5) is 27.9. The van der Waals surface area contributed by atoms with Crippen molar-refractivity contribution in [1.82, 2.24) is 14.4 Å². The Morgan fingerprint density at radius 2 is 2.05 bits per heavy atom. The molecule has 40 heavy (non-hydrogen) atoms. The van der Waals surface area contributed by atoms with Gasteiger partial charge in [-0.05, 0) is 50.4 Å². The number of amides is 3. The number of ether oxygens (including phenoxy) is 1. The first-order chi connectivity index (χ1) is 18.9. The first-order valence-corrected chi connectivity index (χ1v) is 15.0. The number of nitrogens with one attached hydrogen (secondary N) is 2. The Morgan fingerprint density at radius 3 is 2.67 bits per heavy atom. The zero-order valence-corrected chi connectivity index (χ0v) is 24.5. The van der Waals surface area contributed by atoms with Gasteiger partial charge in [-0.1, -0.05) is 18.1 Å². The number of carbonyl (C=O) groups excluding carboxylic acids is 2. The van der Waals surface area contributed by atoms with Crippen LogP contribution in [0.25, 0.3) is 0 Å². The fourth-order valence-corrected chi connectivity index (χ4v) is 6.75. The van der Waals surface area contributed by atoms with Crippen LogP contribution in [0.5, 0.6) is 5.75 Å². The van der Waals surface area contributed by atoms with E-state index in [-0.39, 0.29) is 47.0 Å². The number of fused-ring (bicyclic) bond motifs is 1. The zero-order valence-electron chi connectivity index (χ0n) is 22.9. The molecular formula is C26H33N5O7S2. The highest BCUT2D eigenvalue weighted by Crippen LogP contribution is 2.31. The second-order valence-corrected chi connectivity index (χ2v) is 13.0. The maximum Gasteiger partial charge on any atom is 0.323 e. The summed E-state index contributed by atoms with van der Waals surface area (Å²) in [5.41, 5.74) is 1.48. The van der Waals surface area contributed by atoms with Gasteiger partial charge in [0.15, 0.2) is 5.76 Å². The molecule has 216 valence electrons. The second-order valence-electron chi connectivity index (χ2n) is 9.83. The Balaban J connectivity index is 1.62. The number of hydrogen-bond acceptors (Lipinski definition) is 9. The van der Waals surface area contributed by atoms with E-state index in [1.807, 2.05) is 6.92 Å². The molecule has 1 aromatic carbocycles. The summed E-state index contributed by atoms with van der Waals surface area (Å²) in [7, 11) is -2.23. The number of likely N-dealkylation sites (N-methyl/N-ethyl adjacent to an activating group) is 1. The number of hydrogen-bond donors (Lipinski definition) is 3. The number of aromatic nitrogens is 1. The minimum atomic E-state index is -3.72. The molecule has 0 aliphatic carbocycles. The van der Waals surface area contributed by atoms with E-state index >= 15 is 0 Å². The fourth-order valence-electron chi connectivity index (χ4n) is 4.37. The number of aliphatic hydroxyl groups excluding tert-OH is 1. The van der Waals surface area contributed by atoms with Crippen molar-refractivity contribution in [2.45, 2.75) is 44.0 Å². The lowest BCUT2D eigenvalue weighted by atomic mass is 9.99. The Bertz CT molecular complexity index is 1450. The topological polar surface area (TPSA) is 154 Å². The number of carbonyl (C=O) groups is 2. The van der Waals surface area contributed by atoms with Crippen LogP contribution in [0.1, 0.15) is 35.7 Å². The van der Waals surface area contributed by atoms with E-state index in [0.29, 0.717) is 22.8 Å². The smallest absolute Gasteiger partial charge is 0.323 e. The minimum absolute atomic E-state index is 0.0379. The second kappa shape index (κ2) is 12.0. The molecule has 3 aromatic rings. The van der Waals surface area contributed by atoms with Crippen LogP contribution >= 0.6 is 11.3 Å². The van der Waals surface area contributed by atoms with Crippen LogP contribution in [0.4, 0.5) is 16.2 Å². The zero-order chi connectivity index (χ0) is 29.2. The maximum atomic E-state index is 13.6. The van der Waals surface area contributed by atoms with Crippen LogP contribution < -0.4 is 15.4 Å². The van der Waals surface area contributed by atoms with Crippen LogP contribution in [0.3, 0.4) is 0 Å². The van der Waals surface area contributed by atoms with Crippen molar-refractivity contribution in [2.75, 3.05) is 37.4 Å². The summed E-state index contributed by atoms with van der Waals surface area (Å²) >= 11 is 1.13. The molecule has 3 atom stereocenters. The lowest BCUT2D eigenvalue weighted by Crippen LogP contribution is -2.50. The van der Waals surface area contributed by atoms with Gasteiger partial charge >= 0.3 is 6.03 Å². The molecular weight excluding hydrogens is 558 g/mol. The number of urea groups is 1. The van der Waals surface area contributed by atoms with Crippen LogP contribution in [-0.2, 0) is 10.0 Å². The molecule has 0 bridgehead atoms. The van der Waals surface area contributed by atoms with Crippen molar-refractivity contribution in [1.29, 1.82) is 0 Å². The molecule has 3 heterocycles. The van der Waals surface area contributed by atoms with Gasteiger partial charge in [-0.2, -0.15) is 4.31 Å². The number of aliphatic hydroxyl groups is 1. The molecule has 14 heteroatoms. The van der Waals surface area contributed by atoms with Gasteiger partial charge in [0, 0.05) is 25.2 Å². The fraction of sp³-hybridized carbons (Fsp3) is 0.423. The maximum absolute atomic E-state index is 13.6. The molecule has 0 saturated carbocycles. The Kier molecular flexibility index (Phi) is 8.83. The van der Waals surface area contributed by atoms with Gasteiger partial charge in [-0.15, -0.1) is 11.3 Å². The van der Waals surface area contributed by atoms with Crippen molar-refractivity contribution < 1.29 is 32.4 Å². The molecule has 1 aliphatic rings. The molecule has 0 saturated heterocycles. The molecule has 0 radical (unpaired) electrons. The van der Waals surface area contributed by atoms with Gasteiger partial charge in [0.2, 0.25) is 0 Å². The van der Waals surface area contributed by atoms with Crippen molar-refractivity contribution in [3.05, 3.63) is 52.7 Å². The largest absolute Gasteiger partial charge is 0.488 e. The van der Waals surface area contributed by atoms with Gasteiger partial charge in [0.1, 0.15) is 27.4 Å². The van der Waals surface area contributed by atoms with Crippen molar-refractivity contribution in [3.8, 4) is 5.75 Å². The lowest BCUT2D eigenvalue weighted by Gasteiger charge is -2.38. The molecule has 0 spiro atoms. The average molecular weight is 592 g/mol. The minimum Gasteiger partial charge on any atom is -0.488 e. The quantitative estimate of drug-likeness (QED) is 0.359. The highest BCUT2D eigenvalue weighted by molar-refractivity contribution is 7.91. The van der Waals surface area contributed by atoms with Crippen LogP contribution in [-0.4, -0.2) is 78.7 Å². The van der Waals surface area contributed by atoms with Crippen molar-refractivity contribution in [3.63, 3.8) is 0 Å². The van der Waals surface area contributed by atoms with E-state index in [0.717, 1.165) is 11.3 Å². The third kappa shape index (κ3) is 6.14. The molecule has 4 rings (SSSR count). The van der Waals surface area contributed by atoms with Crippen molar-refractivity contribution in [2.24, 2.45) is 5.92 Å². The molecule has 0 fully saturated rings. The predicted molar refractivity (Wildman–Crippen MR) is 150 cm³/mol. The number of aryl methyl sites for hydroxylation is 2. The molecule has 2 aromatic heterocycles. The predicted octanol–water partition coefficient (Wildman–Crippen LogP) is 3.54. The van der Waals surface area contributed by atoms with Crippen molar-refractivity contribution >= 4 is 44.7 Å². The van der Waals surface area contributed by atoms with Crippen LogP contribution in [0.15, 0.2) is 44.4 Å². The van der Waals surface area contributed by atoms with Gasteiger partial charge < -0.3 is 29.9 Å². The number of nitrogens with zero attached hydrogens (tertiary/aromatic N) is 3. The number of anilines is 2. The summed E-state index contributed by atoms with van der Waals surface area (Å²) in [6.07, 6.45) is -0.610. The Labute approximate surface area is 237 Å². The summed E-state index contributed by atoms with van der Waals surface area (Å²) in [6, 6.07) is 6.83. The molecule has 12 nitrogen and oxygen atoms in total. The highest BCUT2D eigenvalue weighted by Gasteiger charge is 2.35. The van der Waals surface area contributed by atoms with E-state index in [1.54, 1.807) is 55.3 Å². The summed E-state index contributed by atoms with van der Waals surface area (Å²) in [5, 5.41) is 20.8. The van der Waals surface area contributed by atoms with E-state index in [9.17, 15) is 23.1 Å². The first kappa shape index (κ1) is 29.5. The van der Waals surface area contributed by atoms with Gasteiger partial charge in [0.25, 0.3) is 15.9 Å². The van der Waals surface area contributed by atoms with Gasteiger partial charge in [-0.25, -0.2) is 13.2 Å². The van der Waals surface area contributed by atoms with E-state index in [2.05, 4.69) is 15.8 Å². The molecule has 1 aliphatic heterocycles. The molecule has 3 N–H and O–H groups in total. The molecule has 0 unspecified atom stereocenters. The monoisotopic (exact) mass is 591 g/mol. The van der Waals surface area contributed by atoms with Crippen LogP contribution in [0, 0.1) is 19.8 Å². The highest BCUT2D eigenvalue weighted by atomic mass is 32.2. The average Bonchev–Trinajstić information content (AvgIpc) is 3.57. The third-order valence-corrected chi connectivity index (χ3v) is 9.99. The Hall–Kier alpha value is -3.46. The number of rotatable bonds is 8. The van der Waals surface area contributed by atoms with E-state index < -0.39 is 28.2 Å². The van der Waals surface area contributed by atoms with E-state index in [1.165, 1.54) is 17.4 Å². The Morgan fingerprint density at radius 1 is 1.30 bits per heavy atom. The van der Waals surface area contributed by atoms with E-state index in [4.69, 9.17) is 9.26 Å². The number of benzene rings is 1. The standard InChI is InChI=1S/C26H33N5O7S2/c1-15-12-31(16(2)14-32)25(33)20-11-19(27-26(34)28-24-17(3)29-38-18(24)4)8-9-21(20)37-22(15)13-30(5)40(35,36)23-7-6-10-39-23/h6-11,15-16,22,32H,12-14H2,1-5H3,(H2,27,28,34)/t15-,16-,22+/m0/s1. The number of sulfonamides is 1. The first-order valence-electron chi connectivity index (χ1n) is 12.7. The SMILES string of the molecule is Cc1noc(C)c1NC(=O)Nc1ccc2c(c1)C(=O)N([C@@H](C)CO)C[C@H](C)[C@@H](CN(C)S(=O)(=O)c1cccs1)O2. The number of thiophene rings is 1. The lowest BCUT2D eigenvalue weighted by molar-refractivity contribution is 0.0387. The summed E-state index contributed by atoms with van der Waals surface area (Å²) < 4.78 is 39.0. The van der Waals surface area contributed by atoms with Gasteiger partial charge in [0.05, 0.1) is 24.8 Å². The summed E-state index contributed by atoms with van der Waals surface area (Å²) in [6.45, 7) is 6.98.